The van der Waals surface area contributed by atoms with Crippen LogP contribution in [0.1, 0.15) is 33.6 Å². The summed E-state index contributed by atoms with van der Waals surface area (Å²) in [5.41, 5.74) is 0.561. The van der Waals surface area contributed by atoms with Crippen molar-refractivity contribution in [2.75, 3.05) is 26.1 Å². The molecule has 1 amide bonds. The Morgan fingerprint density at radius 3 is 2.04 bits per heavy atom. The van der Waals surface area contributed by atoms with E-state index in [0.29, 0.717) is 29.5 Å². The van der Waals surface area contributed by atoms with E-state index in [1.807, 2.05) is 0 Å². The van der Waals surface area contributed by atoms with Gasteiger partial charge in [0.25, 0.3) is 0 Å². The van der Waals surface area contributed by atoms with Gasteiger partial charge in [0, 0.05) is 17.1 Å². The summed E-state index contributed by atoms with van der Waals surface area (Å²) in [7, 11) is 2.46. The lowest BCUT2D eigenvalue weighted by molar-refractivity contribution is -0.116. The normalized spacial score (nSPS) is 10.1. The van der Waals surface area contributed by atoms with E-state index in [2.05, 4.69) is 14.8 Å². The molecule has 0 bridgehead atoms. The van der Waals surface area contributed by atoms with Crippen LogP contribution in [0.3, 0.4) is 0 Å². The van der Waals surface area contributed by atoms with E-state index < -0.39 is 11.9 Å². The highest BCUT2D eigenvalue weighted by atomic mass is 35.5. The molecule has 0 unspecified atom stereocenters. The van der Waals surface area contributed by atoms with Crippen molar-refractivity contribution in [3.63, 3.8) is 0 Å². The van der Waals surface area contributed by atoms with Gasteiger partial charge in [-0.2, -0.15) is 0 Å². The third-order valence-electron chi connectivity index (χ3n) is 3.69. The van der Waals surface area contributed by atoms with Crippen molar-refractivity contribution in [1.82, 2.24) is 0 Å². The summed E-state index contributed by atoms with van der Waals surface area (Å²) in [4.78, 5) is 35.7. The Balaban J connectivity index is 1.93. The number of hydrogen-bond acceptors (Lipinski definition) is 6. The molecular weight excluding hydrogens is 386 g/mol. The molecule has 0 heterocycles. The van der Waals surface area contributed by atoms with Gasteiger partial charge in [-0.3, -0.25) is 4.79 Å². The van der Waals surface area contributed by atoms with Crippen molar-refractivity contribution in [1.29, 1.82) is 0 Å². The van der Waals surface area contributed by atoms with Crippen LogP contribution in [-0.4, -0.2) is 38.7 Å². The minimum absolute atomic E-state index is 0.131. The van der Waals surface area contributed by atoms with Crippen LogP contribution < -0.4 is 10.1 Å². The zero-order chi connectivity index (χ0) is 20.5. The van der Waals surface area contributed by atoms with E-state index in [4.69, 9.17) is 16.3 Å². The lowest BCUT2D eigenvalue weighted by atomic mass is 10.1. The second kappa shape index (κ2) is 10.3. The summed E-state index contributed by atoms with van der Waals surface area (Å²) in [6.45, 7) is 0.352. The number of amides is 1. The van der Waals surface area contributed by atoms with Gasteiger partial charge in [-0.15, -0.1) is 0 Å². The molecule has 0 spiro atoms. The number of anilines is 1. The quantitative estimate of drug-likeness (QED) is 0.531. The third kappa shape index (κ3) is 6.28. The second-order valence-electron chi connectivity index (χ2n) is 5.74. The number of benzene rings is 2. The first-order valence-electron chi connectivity index (χ1n) is 8.43. The molecule has 7 nitrogen and oxygen atoms in total. The summed E-state index contributed by atoms with van der Waals surface area (Å²) in [5.74, 6) is -0.869. The van der Waals surface area contributed by atoms with E-state index in [9.17, 15) is 14.4 Å². The van der Waals surface area contributed by atoms with Gasteiger partial charge < -0.3 is 19.5 Å². The molecule has 0 saturated heterocycles. The number of methoxy groups -OCH3 is 2. The number of esters is 2. The van der Waals surface area contributed by atoms with E-state index in [-0.39, 0.29) is 23.5 Å². The molecule has 2 aromatic carbocycles. The van der Waals surface area contributed by atoms with Crippen LogP contribution in [0, 0.1) is 0 Å². The number of carbonyl (C=O) groups is 3. The number of halogens is 1. The van der Waals surface area contributed by atoms with Gasteiger partial charge in [-0.05, 0) is 48.9 Å². The summed E-state index contributed by atoms with van der Waals surface area (Å²) in [6.07, 6.45) is 0.679. The van der Waals surface area contributed by atoms with Gasteiger partial charge >= 0.3 is 11.9 Å². The van der Waals surface area contributed by atoms with E-state index in [0.717, 1.165) is 0 Å². The largest absolute Gasteiger partial charge is 0.494 e. The summed E-state index contributed by atoms with van der Waals surface area (Å²) >= 11 is 5.81. The van der Waals surface area contributed by atoms with Crippen LogP contribution in [0.25, 0.3) is 0 Å². The van der Waals surface area contributed by atoms with Crippen molar-refractivity contribution in [3.8, 4) is 5.75 Å². The molecule has 0 aliphatic heterocycles. The van der Waals surface area contributed by atoms with Crippen molar-refractivity contribution in [2.24, 2.45) is 0 Å². The number of nitrogens with one attached hydrogen (secondary N) is 1. The molecular formula is C20H20ClNO6. The minimum atomic E-state index is -0.627. The molecule has 0 fully saturated rings. The molecule has 0 aromatic heterocycles. The molecule has 0 aliphatic carbocycles. The highest BCUT2D eigenvalue weighted by Crippen LogP contribution is 2.18. The zero-order valence-corrected chi connectivity index (χ0v) is 16.2. The average Bonchev–Trinajstić information content (AvgIpc) is 2.71. The first-order chi connectivity index (χ1) is 13.4. The lowest BCUT2D eigenvalue weighted by Crippen LogP contribution is -2.15. The maximum absolute atomic E-state index is 12.2. The monoisotopic (exact) mass is 405 g/mol. The Hall–Kier alpha value is -3.06. The Morgan fingerprint density at radius 1 is 0.929 bits per heavy atom. The SMILES string of the molecule is COC(=O)c1cc(NC(=O)CCCOc2ccc(Cl)cc2)cc(C(=O)OC)c1. The molecule has 0 atom stereocenters. The van der Waals surface area contributed by atoms with E-state index in [1.54, 1.807) is 24.3 Å². The molecule has 2 aromatic rings. The fraction of sp³-hybridized carbons (Fsp3) is 0.250. The average molecular weight is 406 g/mol. The van der Waals surface area contributed by atoms with Crippen LogP contribution in [-0.2, 0) is 14.3 Å². The highest BCUT2D eigenvalue weighted by Gasteiger charge is 2.15. The van der Waals surface area contributed by atoms with Gasteiger partial charge in [0.2, 0.25) is 5.91 Å². The molecule has 0 radical (unpaired) electrons. The Labute approximate surface area is 167 Å². The van der Waals surface area contributed by atoms with Crippen molar-refractivity contribution < 1.29 is 28.6 Å². The summed E-state index contributed by atoms with van der Waals surface area (Å²) in [5, 5.41) is 3.28. The fourth-order valence-electron chi connectivity index (χ4n) is 2.35. The lowest BCUT2D eigenvalue weighted by Gasteiger charge is -2.10. The Morgan fingerprint density at radius 2 is 1.50 bits per heavy atom. The van der Waals surface area contributed by atoms with Crippen LogP contribution in [0.5, 0.6) is 5.75 Å². The van der Waals surface area contributed by atoms with Gasteiger partial charge in [-0.25, -0.2) is 9.59 Å². The van der Waals surface area contributed by atoms with Crippen LogP contribution >= 0.6 is 11.6 Å². The topological polar surface area (TPSA) is 90.9 Å². The minimum Gasteiger partial charge on any atom is -0.494 e. The Kier molecular flexibility index (Phi) is 7.83. The maximum atomic E-state index is 12.2. The smallest absolute Gasteiger partial charge is 0.337 e. The summed E-state index contributed by atoms with van der Waals surface area (Å²) in [6, 6.07) is 11.1. The molecule has 1 N–H and O–H groups in total. The first-order valence-corrected chi connectivity index (χ1v) is 8.80. The molecule has 148 valence electrons. The van der Waals surface area contributed by atoms with E-state index in [1.165, 1.54) is 32.4 Å². The fourth-order valence-corrected chi connectivity index (χ4v) is 2.47. The zero-order valence-electron chi connectivity index (χ0n) is 15.5. The number of carbonyl (C=O) groups excluding carboxylic acids is 3. The van der Waals surface area contributed by atoms with E-state index >= 15 is 0 Å². The summed E-state index contributed by atoms with van der Waals surface area (Å²) < 4.78 is 14.9. The van der Waals surface area contributed by atoms with Gasteiger partial charge in [-0.1, -0.05) is 11.6 Å². The molecule has 2 rings (SSSR count). The number of hydrogen-bond donors (Lipinski definition) is 1. The van der Waals surface area contributed by atoms with Crippen molar-refractivity contribution >= 4 is 35.1 Å². The third-order valence-corrected chi connectivity index (χ3v) is 3.94. The molecule has 0 aliphatic rings. The van der Waals surface area contributed by atoms with Crippen LogP contribution in [0.2, 0.25) is 5.02 Å². The standard InChI is InChI=1S/C20H20ClNO6/c1-26-19(24)13-10-14(20(25)27-2)12-16(11-13)22-18(23)4-3-9-28-17-7-5-15(21)6-8-17/h5-8,10-12H,3-4,9H2,1-2H3,(H,22,23). The van der Waals surface area contributed by atoms with Gasteiger partial charge in [0.05, 0.1) is 32.0 Å². The van der Waals surface area contributed by atoms with Crippen molar-refractivity contribution in [2.45, 2.75) is 12.8 Å². The predicted octanol–water partition coefficient (Wildman–Crippen LogP) is 3.71. The molecule has 28 heavy (non-hydrogen) atoms. The van der Waals surface area contributed by atoms with Crippen molar-refractivity contribution in [3.05, 3.63) is 58.6 Å². The second-order valence-corrected chi connectivity index (χ2v) is 6.17. The van der Waals surface area contributed by atoms with Crippen LogP contribution in [0.15, 0.2) is 42.5 Å². The highest BCUT2D eigenvalue weighted by molar-refractivity contribution is 6.30. The Bertz CT molecular complexity index is 816. The molecule has 0 saturated carbocycles. The first kappa shape index (κ1) is 21.2. The van der Waals surface area contributed by atoms with Gasteiger partial charge in [0.15, 0.2) is 0 Å². The number of ether oxygens (including phenoxy) is 3. The maximum Gasteiger partial charge on any atom is 0.337 e. The number of rotatable bonds is 8. The van der Waals surface area contributed by atoms with Crippen LogP contribution in [0.4, 0.5) is 5.69 Å². The van der Waals surface area contributed by atoms with Gasteiger partial charge in [0.1, 0.15) is 5.75 Å². The predicted molar refractivity (Wildman–Crippen MR) is 104 cm³/mol. The molecule has 8 heteroatoms.